The Hall–Kier alpha value is -1.88. The maximum absolute atomic E-state index is 9.86. The molecule has 0 saturated carbocycles. The lowest BCUT2D eigenvalue weighted by atomic mass is 9.94. The molecule has 0 aromatic heterocycles. The number of aliphatic hydroxyl groups is 1. The molecule has 0 amide bonds. The van der Waals surface area contributed by atoms with E-state index in [2.05, 4.69) is 43.9 Å². The molecule has 0 unspecified atom stereocenters. The molecule has 1 aliphatic rings. The lowest BCUT2D eigenvalue weighted by Gasteiger charge is -2.41. The van der Waals surface area contributed by atoms with Crippen LogP contribution in [0, 0.1) is 20.8 Å². The molecule has 2 aromatic rings. The molecule has 2 atom stereocenters. The van der Waals surface area contributed by atoms with Crippen molar-refractivity contribution >= 4 is 0 Å². The zero-order chi connectivity index (χ0) is 18.7. The van der Waals surface area contributed by atoms with Gasteiger partial charge in [0.25, 0.3) is 0 Å². The number of rotatable bonds is 5. The third-order valence-electron chi connectivity index (χ3n) is 5.57. The SMILES string of the molecule is COc1cc(C)c(CN2CCO[C@H](CO)[C@H]2c2ccccc2)c(C)c1C. The Labute approximate surface area is 156 Å². The predicted octanol–water partition coefficient (Wildman–Crippen LogP) is 3.55. The van der Waals surface area contributed by atoms with Crippen molar-refractivity contribution < 1.29 is 14.6 Å². The molecule has 140 valence electrons. The minimum Gasteiger partial charge on any atom is -0.496 e. The van der Waals surface area contributed by atoms with E-state index in [1.807, 2.05) is 18.2 Å². The van der Waals surface area contributed by atoms with Crippen molar-refractivity contribution in [2.45, 2.75) is 39.5 Å². The van der Waals surface area contributed by atoms with Crippen molar-refractivity contribution in [1.29, 1.82) is 0 Å². The molecule has 1 fully saturated rings. The van der Waals surface area contributed by atoms with E-state index in [0.29, 0.717) is 6.61 Å². The van der Waals surface area contributed by atoms with E-state index in [-0.39, 0.29) is 18.8 Å². The second kappa shape index (κ2) is 8.21. The molecule has 4 nitrogen and oxygen atoms in total. The van der Waals surface area contributed by atoms with Crippen molar-refractivity contribution in [3.63, 3.8) is 0 Å². The van der Waals surface area contributed by atoms with E-state index >= 15 is 0 Å². The number of morpholine rings is 1. The third-order valence-corrected chi connectivity index (χ3v) is 5.57. The van der Waals surface area contributed by atoms with Gasteiger partial charge in [-0.05, 0) is 54.7 Å². The Morgan fingerprint density at radius 3 is 2.54 bits per heavy atom. The smallest absolute Gasteiger partial charge is 0.122 e. The normalized spacial score (nSPS) is 21.0. The first-order valence-electron chi connectivity index (χ1n) is 9.22. The van der Waals surface area contributed by atoms with Gasteiger partial charge in [0.1, 0.15) is 11.9 Å². The van der Waals surface area contributed by atoms with Gasteiger partial charge in [-0.15, -0.1) is 0 Å². The average Bonchev–Trinajstić information content (AvgIpc) is 2.68. The van der Waals surface area contributed by atoms with Gasteiger partial charge in [-0.25, -0.2) is 0 Å². The summed E-state index contributed by atoms with van der Waals surface area (Å²) in [5.74, 6) is 0.943. The standard InChI is InChI=1S/C22H29NO3/c1-15-12-20(25-4)17(3)16(2)19(15)13-23-10-11-26-21(14-24)22(23)18-8-6-5-7-9-18/h5-9,12,21-22,24H,10-11,13-14H2,1-4H3/t21-,22-/m1/s1. The van der Waals surface area contributed by atoms with E-state index in [0.717, 1.165) is 18.8 Å². The number of hydrogen-bond donors (Lipinski definition) is 1. The van der Waals surface area contributed by atoms with Gasteiger partial charge in [0.15, 0.2) is 0 Å². The number of hydrogen-bond acceptors (Lipinski definition) is 4. The predicted molar refractivity (Wildman–Crippen MR) is 104 cm³/mol. The van der Waals surface area contributed by atoms with E-state index < -0.39 is 0 Å². The first-order chi connectivity index (χ1) is 12.6. The van der Waals surface area contributed by atoms with E-state index in [1.54, 1.807) is 7.11 Å². The average molecular weight is 355 g/mol. The number of nitrogens with zero attached hydrogens (tertiary/aromatic N) is 1. The van der Waals surface area contributed by atoms with Gasteiger partial charge in [0.05, 0.1) is 26.4 Å². The number of benzene rings is 2. The quantitative estimate of drug-likeness (QED) is 0.891. The monoisotopic (exact) mass is 355 g/mol. The number of aryl methyl sites for hydroxylation is 1. The second-order valence-corrected chi connectivity index (χ2v) is 7.04. The second-order valence-electron chi connectivity index (χ2n) is 7.04. The van der Waals surface area contributed by atoms with Crippen LogP contribution in [0.2, 0.25) is 0 Å². The summed E-state index contributed by atoms with van der Waals surface area (Å²) in [6.07, 6.45) is -0.203. The van der Waals surface area contributed by atoms with E-state index in [9.17, 15) is 5.11 Å². The van der Waals surface area contributed by atoms with Crippen LogP contribution in [0.3, 0.4) is 0 Å². The molecular weight excluding hydrogens is 326 g/mol. The van der Waals surface area contributed by atoms with Crippen LogP contribution in [0.15, 0.2) is 36.4 Å². The van der Waals surface area contributed by atoms with Crippen LogP contribution >= 0.6 is 0 Å². The fourth-order valence-electron chi connectivity index (χ4n) is 3.95. The van der Waals surface area contributed by atoms with E-state index in [1.165, 1.54) is 27.8 Å². The summed E-state index contributed by atoms with van der Waals surface area (Å²) in [4.78, 5) is 2.43. The van der Waals surface area contributed by atoms with Crippen molar-refractivity contribution in [1.82, 2.24) is 4.90 Å². The fourth-order valence-corrected chi connectivity index (χ4v) is 3.95. The third kappa shape index (κ3) is 3.63. The van der Waals surface area contributed by atoms with Crippen molar-refractivity contribution in [3.8, 4) is 5.75 Å². The van der Waals surface area contributed by atoms with Gasteiger partial charge in [-0.3, -0.25) is 4.90 Å². The lowest BCUT2D eigenvalue weighted by Crippen LogP contribution is -2.46. The maximum atomic E-state index is 9.86. The summed E-state index contributed by atoms with van der Waals surface area (Å²) in [6, 6.07) is 12.5. The Kier molecular flexibility index (Phi) is 5.97. The first-order valence-corrected chi connectivity index (χ1v) is 9.22. The van der Waals surface area contributed by atoms with Gasteiger partial charge >= 0.3 is 0 Å². The number of ether oxygens (including phenoxy) is 2. The van der Waals surface area contributed by atoms with Gasteiger partial charge in [0.2, 0.25) is 0 Å². The Balaban J connectivity index is 1.96. The molecule has 2 aromatic carbocycles. The Bertz CT molecular complexity index is 745. The molecular formula is C22H29NO3. The molecule has 1 aliphatic heterocycles. The maximum Gasteiger partial charge on any atom is 0.122 e. The summed E-state index contributed by atoms with van der Waals surface area (Å²) in [7, 11) is 1.72. The molecule has 1 saturated heterocycles. The molecule has 26 heavy (non-hydrogen) atoms. The van der Waals surface area contributed by atoms with Crippen LogP contribution in [0.25, 0.3) is 0 Å². The zero-order valence-electron chi connectivity index (χ0n) is 16.2. The number of methoxy groups -OCH3 is 1. The zero-order valence-corrected chi connectivity index (χ0v) is 16.2. The van der Waals surface area contributed by atoms with Gasteiger partial charge in [0, 0.05) is 13.1 Å². The van der Waals surface area contributed by atoms with Crippen molar-refractivity contribution in [2.24, 2.45) is 0 Å². The highest BCUT2D eigenvalue weighted by Crippen LogP contribution is 2.34. The van der Waals surface area contributed by atoms with Crippen LogP contribution in [-0.4, -0.2) is 43.0 Å². The molecule has 1 N–H and O–H groups in total. The van der Waals surface area contributed by atoms with Crippen LogP contribution in [0.5, 0.6) is 5.75 Å². The first kappa shape index (κ1) is 18.9. The Morgan fingerprint density at radius 2 is 1.88 bits per heavy atom. The minimum atomic E-state index is -0.203. The van der Waals surface area contributed by atoms with Gasteiger partial charge < -0.3 is 14.6 Å². The molecule has 0 spiro atoms. The molecule has 0 radical (unpaired) electrons. The van der Waals surface area contributed by atoms with E-state index in [4.69, 9.17) is 9.47 Å². The van der Waals surface area contributed by atoms with Crippen LogP contribution in [0.4, 0.5) is 0 Å². The molecule has 1 heterocycles. The summed E-state index contributed by atoms with van der Waals surface area (Å²) >= 11 is 0. The largest absolute Gasteiger partial charge is 0.496 e. The highest BCUT2D eigenvalue weighted by Gasteiger charge is 2.33. The van der Waals surface area contributed by atoms with Gasteiger partial charge in [-0.2, -0.15) is 0 Å². The summed E-state index contributed by atoms with van der Waals surface area (Å²) in [5.41, 5.74) is 6.23. The fraction of sp³-hybridized carbons (Fsp3) is 0.455. The topological polar surface area (TPSA) is 41.9 Å². The molecule has 0 bridgehead atoms. The summed E-state index contributed by atoms with van der Waals surface area (Å²) < 4.78 is 11.4. The van der Waals surface area contributed by atoms with Gasteiger partial charge in [-0.1, -0.05) is 30.3 Å². The highest BCUT2D eigenvalue weighted by atomic mass is 16.5. The van der Waals surface area contributed by atoms with Crippen LogP contribution < -0.4 is 4.74 Å². The van der Waals surface area contributed by atoms with Crippen LogP contribution in [-0.2, 0) is 11.3 Å². The van der Waals surface area contributed by atoms with Crippen LogP contribution in [0.1, 0.15) is 33.9 Å². The minimum absolute atomic E-state index is 0.0235. The lowest BCUT2D eigenvalue weighted by molar-refractivity contribution is -0.0961. The molecule has 4 heteroatoms. The Morgan fingerprint density at radius 1 is 1.15 bits per heavy atom. The summed E-state index contributed by atoms with van der Waals surface area (Å²) in [6.45, 7) is 8.77. The van der Waals surface area contributed by atoms with Crippen molar-refractivity contribution in [3.05, 3.63) is 64.2 Å². The van der Waals surface area contributed by atoms with Crippen molar-refractivity contribution in [2.75, 3.05) is 26.9 Å². The number of aliphatic hydroxyl groups excluding tert-OH is 1. The molecule has 0 aliphatic carbocycles. The highest BCUT2D eigenvalue weighted by molar-refractivity contribution is 5.48. The molecule has 3 rings (SSSR count). The summed E-state index contributed by atoms with van der Waals surface area (Å²) in [5, 5.41) is 9.86.